The Morgan fingerprint density at radius 3 is 2.59 bits per heavy atom. The Morgan fingerprint density at radius 1 is 1.36 bits per heavy atom. The topological polar surface area (TPSA) is 74.0 Å². The Bertz CT molecular complexity index is 554. The summed E-state index contributed by atoms with van der Waals surface area (Å²) in [6.07, 6.45) is 2.72. The molecule has 22 heavy (non-hydrogen) atoms. The van der Waals surface area contributed by atoms with Gasteiger partial charge in [0.2, 0.25) is 0 Å². The van der Waals surface area contributed by atoms with E-state index in [1.807, 2.05) is 13.8 Å². The van der Waals surface area contributed by atoms with Gasteiger partial charge in [-0.15, -0.1) is 12.4 Å². The van der Waals surface area contributed by atoms with Crippen LogP contribution in [0.4, 0.5) is 0 Å². The van der Waals surface area contributed by atoms with E-state index in [9.17, 15) is 9.59 Å². The zero-order chi connectivity index (χ0) is 15.6. The van der Waals surface area contributed by atoms with Gasteiger partial charge in [-0.1, -0.05) is 6.92 Å². The van der Waals surface area contributed by atoms with Crippen molar-refractivity contribution in [2.45, 2.75) is 59.0 Å². The van der Waals surface area contributed by atoms with Crippen molar-refractivity contribution in [2.24, 2.45) is 0 Å². The number of carbonyl (C=O) groups excluding carboxylic acids is 2. The number of amides is 1. The second-order valence-corrected chi connectivity index (χ2v) is 5.85. The Labute approximate surface area is 138 Å². The summed E-state index contributed by atoms with van der Waals surface area (Å²) < 4.78 is 0. The standard InChI is InChI=1S/C16H25N3O2.ClH/c1-5-12-14(11(4)20)10(3)18-15(12)16(21)19-13-7-6-8-17-9(13)2;/h9,13,17-18H,5-8H2,1-4H3,(H,19,21);1H. The summed E-state index contributed by atoms with van der Waals surface area (Å²) in [5.74, 6) is -0.102. The van der Waals surface area contributed by atoms with Gasteiger partial charge in [-0.2, -0.15) is 0 Å². The first-order chi connectivity index (χ1) is 9.95. The highest BCUT2D eigenvalue weighted by Crippen LogP contribution is 2.21. The maximum absolute atomic E-state index is 12.5. The quantitative estimate of drug-likeness (QED) is 0.743. The molecule has 0 spiro atoms. The molecule has 1 aliphatic rings. The average Bonchev–Trinajstić information content (AvgIpc) is 2.78. The molecule has 0 aromatic carbocycles. The van der Waals surface area contributed by atoms with Crippen molar-refractivity contribution >= 4 is 24.1 Å². The first-order valence-corrected chi connectivity index (χ1v) is 7.72. The van der Waals surface area contributed by atoms with Gasteiger partial charge in [0.05, 0.1) is 0 Å². The Morgan fingerprint density at radius 2 is 2.05 bits per heavy atom. The van der Waals surface area contributed by atoms with Gasteiger partial charge in [-0.3, -0.25) is 9.59 Å². The van der Waals surface area contributed by atoms with Crippen molar-refractivity contribution in [3.63, 3.8) is 0 Å². The van der Waals surface area contributed by atoms with E-state index >= 15 is 0 Å². The number of Topliss-reactive ketones (excluding diaryl/α,β-unsaturated/α-hetero) is 1. The van der Waals surface area contributed by atoms with Crippen molar-refractivity contribution in [1.82, 2.24) is 15.6 Å². The van der Waals surface area contributed by atoms with E-state index < -0.39 is 0 Å². The normalized spacial score (nSPS) is 21.1. The fourth-order valence-electron chi connectivity index (χ4n) is 3.18. The molecule has 0 aliphatic carbocycles. The smallest absolute Gasteiger partial charge is 0.268 e. The van der Waals surface area contributed by atoms with E-state index in [1.54, 1.807) is 6.92 Å². The van der Waals surface area contributed by atoms with Crippen LogP contribution in [0.5, 0.6) is 0 Å². The van der Waals surface area contributed by atoms with Crippen LogP contribution >= 0.6 is 12.4 Å². The summed E-state index contributed by atoms with van der Waals surface area (Å²) in [7, 11) is 0. The number of H-pyrrole nitrogens is 1. The molecule has 1 amide bonds. The van der Waals surface area contributed by atoms with E-state index in [1.165, 1.54) is 0 Å². The Kier molecular flexibility index (Phi) is 6.63. The van der Waals surface area contributed by atoms with Crippen molar-refractivity contribution in [3.05, 3.63) is 22.5 Å². The van der Waals surface area contributed by atoms with Crippen LogP contribution in [0.15, 0.2) is 0 Å². The molecule has 124 valence electrons. The number of ketones is 1. The molecule has 1 aromatic rings. The molecular weight excluding hydrogens is 302 g/mol. The average molecular weight is 328 g/mol. The summed E-state index contributed by atoms with van der Waals surface area (Å²) >= 11 is 0. The maximum Gasteiger partial charge on any atom is 0.268 e. The van der Waals surface area contributed by atoms with Gasteiger partial charge in [0.25, 0.3) is 5.91 Å². The molecule has 0 bridgehead atoms. The fourth-order valence-corrected chi connectivity index (χ4v) is 3.18. The molecule has 6 heteroatoms. The van der Waals surface area contributed by atoms with Crippen LogP contribution in [0, 0.1) is 6.92 Å². The minimum Gasteiger partial charge on any atom is -0.354 e. The number of nitrogens with one attached hydrogen (secondary N) is 3. The molecule has 0 saturated carbocycles. The number of rotatable bonds is 4. The summed E-state index contributed by atoms with van der Waals surface area (Å²) in [4.78, 5) is 27.4. The van der Waals surface area contributed by atoms with Gasteiger partial charge in [-0.25, -0.2) is 0 Å². The predicted octanol–water partition coefficient (Wildman–Crippen LogP) is 2.38. The van der Waals surface area contributed by atoms with Gasteiger partial charge < -0.3 is 15.6 Å². The molecule has 1 aromatic heterocycles. The van der Waals surface area contributed by atoms with Crippen LogP contribution in [-0.4, -0.2) is 35.3 Å². The van der Waals surface area contributed by atoms with E-state index in [0.29, 0.717) is 17.7 Å². The highest BCUT2D eigenvalue weighted by molar-refractivity contribution is 6.02. The number of aromatic amines is 1. The number of aryl methyl sites for hydroxylation is 1. The Hall–Kier alpha value is -1.33. The molecule has 1 fully saturated rings. The van der Waals surface area contributed by atoms with E-state index in [2.05, 4.69) is 22.5 Å². The molecule has 1 aliphatic heterocycles. The molecule has 0 radical (unpaired) electrons. The van der Waals surface area contributed by atoms with Crippen LogP contribution in [-0.2, 0) is 6.42 Å². The van der Waals surface area contributed by atoms with E-state index in [-0.39, 0.29) is 36.2 Å². The van der Waals surface area contributed by atoms with Crippen LogP contribution < -0.4 is 10.6 Å². The minimum atomic E-state index is -0.108. The van der Waals surface area contributed by atoms with Gasteiger partial charge in [0.15, 0.2) is 5.78 Å². The van der Waals surface area contributed by atoms with Gasteiger partial charge >= 0.3 is 0 Å². The van der Waals surface area contributed by atoms with Crippen molar-refractivity contribution < 1.29 is 9.59 Å². The second kappa shape index (κ2) is 7.79. The highest BCUT2D eigenvalue weighted by Gasteiger charge is 2.26. The molecule has 2 unspecified atom stereocenters. The fraction of sp³-hybridized carbons (Fsp3) is 0.625. The maximum atomic E-state index is 12.5. The van der Waals surface area contributed by atoms with Gasteiger partial charge in [0.1, 0.15) is 5.69 Å². The zero-order valence-corrected chi connectivity index (χ0v) is 14.5. The molecule has 5 nitrogen and oxygen atoms in total. The van der Waals surface area contributed by atoms with Crippen LogP contribution in [0.1, 0.15) is 65.7 Å². The van der Waals surface area contributed by atoms with Crippen LogP contribution in [0.25, 0.3) is 0 Å². The monoisotopic (exact) mass is 327 g/mol. The zero-order valence-electron chi connectivity index (χ0n) is 13.7. The molecule has 3 N–H and O–H groups in total. The summed E-state index contributed by atoms with van der Waals surface area (Å²) in [6.45, 7) is 8.45. The molecule has 2 rings (SSSR count). The summed E-state index contributed by atoms with van der Waals surface area (Å²) in [6, 6.07) is 0.413. The molecular formula is C16H26ClN3O2. The second-order valence-electron chi connectivity index (χ2n) is 5.85. The first-order valence-electron chi connectivity index (χ1n) is 7.72. The summed E-state index contributed by atoms with van der Waals surface area (Å²) in [5.41, 5.74) is 2.81. The van der Waals surface area contributed by atoms with Crippen molar-refractivity contribution in [3.8, 4) is 0 Å². The first kappa shape index (κ1) is 18.7. The number of halogens is 1. The third-order valence-corrected chi connectivity index (χ3v) is 4.30. The van der Waals surface area contributed by atoms with Crippen molar-refractivity contribution in [2.75, 3.05) is 6.54 Å². The minimum absolute atomic E-state index is 0. The lowest BCUT2D eigenvalue weighted by atomic mass is 9.99. The van der Waals surface area contributed by atoms with Gasteiger partial charge in [-0.05, 0) is 52.1 Å². The van der Waals surface area contributed by atoms with Crippen molar-refractivity contribution in [1.29, 1.82) is 0 Å². The molecule has 1 saturated heterocycles. The van der Waals surface area contributed by atoms with Gasteiger partial charge in [0, 0.05) is 23.3 Å². The lowest BCUT2D eigenvalue weighted by Gasteiger charge is -2.30. The lowest BCUT2D eigenvalue weighted by Crippen LogP contribution is -2.52. The van der Waals surface area contributed by atoms with E-state index in [4.69, 9.17) is 0 Å². The highest BCUT2D eigenvalue weighted by atomic mass is 35.5. The lowest BCUT2D eigenvalue weighted by molar-refractivity contribution is 0.0914. The van der Waals surface area contributed by atoms with Crippen LogP contribution in [0.2, 0.25) is 0 Å². The van der Waals surface area contributed by atoms with E-state index in [0.717, 1.165) is 30.6 Å². The predicted molar refractivity (Wildman–Crippen MR) is 90.1 cm³/mol. The number of carbonyl (C=O) groups is 2. The SMILES string of the molecule is CCc1c(C(=O)NC2CCCNC2C)[nH]c(C)c1C(C)=O.Cl. The third kappa shape index (κ3) is 3.70. The molecule has 2 atom stereocenters. The number of hydrogen-bond donors (Lipinski definition) is 3. The Balaban J connectivity index is 0.00000242. The molecule has 2 heterocycles. The largest absolute Gasteiger partial charge is 0.354 e. The number of piperidine rings is 1. The van der Waals surface area contributed by atoms with Crippen LogP contribution in [0.3, 0.4) is 0 Å². The summed E-state index contributed by atoms with van der Waals surface area (Å²) in [5, 5.41) is 6.47. The number of aromatic nitrogens is 1. The third-order valence-electron chi connectivity index (χ3n) is 4.30. The number of hydrogen-bond acceptors (Lipinski definition) is 3.